The number of nitrogen functional groups attached to an aromatic ring is 1. The number of aromatic carboxylic acids is 3. The van der Waals surface area contributed by atoms with E-state index in [1.54, 1.807) is 34.3 Å². The van der Waals surface area contributed by atoms with Crippen molar-refractivity contribution in [3.63, 3.8) is 0 Å². The van der Waals surface area contributed by atoms with E-state index in [4.69, 9.17) is 28.8 Å². The molecule has 0 radical (unpaired) electrons. The summed E-state index contributed by atoms with van der Waals surface area (Å²) in [5.74, 6) is -12.0. The number of nitrogens with two attached hydrogens (primary N) is 3. The van der Waals surface area contributed by atoms with Crippen LogP contribution in [0, 0.1) is 57.8 Å². The topological polar surface area (TPSA) is 345 Å². The number of hydrogen-bond acceptors (Lipinski definition) is 18. The number of nitrogens with zero attached hydrogens (tertiary/aromatic N) is 9. The van der Waals surface area contributed by atoms with Crippen molar-refractivity contribution in [2.24, 2.45) is 16.9 Å². The molecule has 118 heavy (non-hydrogen) atoms. The Hall–Kier alpha value is -11.2. The summed E-state index contributed by atoms with van der Waals surface area (Å²) in [6, 6.07) is 9.45. The molecule has 3 unspecified atom stereocenters. The van der Waals surface area contributed by atoms with Gasteiger partial charge in [-0.2, -0.15) is 0 Å². The van der Waals surface area contributed by atoms with E-state index in [-0.39, 0.29) is 137 Å². The largest absolute Gasteiger partial charge is 0.477 e. The van der Waals surface area contributed by atoms with Gasteiger partial charge in [-0.05, 0) is 101 Å². The minimum absolute atomic E-state index is 0.00645. The predicted octanol–water partition coefficient (Wildman–Crippen LogP) is 11.1. The summed E-state index contributed by atoms with van der Waals surface area (Å²) < 4.78 is 151. The number of piperazine rings is 2. The van der Waals surface area contributed by atoms with E-state index in [1.165, 1.54) is 32.0 Å². The summed E-state index contributed by atoms with van der Waals surface area (Å²) in [6.07, 6.45) is 7.54. The Morgan fingerprint density at radius 3 is 1.66 bits per heavy atom. The lowest BCUT2D eigenvalue weighted by Crippen LogP contribution is -2.54. The molecule has 5 aromatic carbocycles. The van der Waals surface area contributed by atoms with Gasteiger partial charge in [0.2, 0.25) is 16.3 Å². The highest BCUT2D eigenvalue weighted by Gasteiger charge is 2.54. The second kappa shape index (κ2) is 31.6. The number of carbonyl (C=O) groups excluding carboxylic acids is 1. The van der Waals surface area contributed by atoms with E-state index >= 15 is 17.6 Å². The fourth-order valence-corrected chi connectivity index (χ4v) is 17.6. The molecule has 5 aromatic heterocycles. The Balaban J connectivity index is 0.000000130. The van der Waals surface area contributed by atoms with Gasteiger partial charge in [0.25, 0.3) is 0 Å². The van der Waals surface area contributed by atoms with Gasteiger partial charge in [-0.1, -0.05) is 31.2 Å². The third kappa shape index (κ3) is 15.6. The second-order valence-electron chi connectivity index (χ2n) is 32.3. The minimum atomic E-state index is -2.44. The molecule has 4 saturated heterocycles. The number of halogens is 11. The fraction of sp³-hybridized carbons (Fsp3) is 0.370. The van der Waals surface area contributed by atoms with E-state index in [9.17, 15) is 80.0 Å². The van der Waals surface area contributed by atoms with Gasteiger partial charge in [0.1, 0.15) is 76.9 Å². The molecule has 3 saturated carbocycles. The highest BCUT2D eigenvalue weighted by atomic mass is 35.5. The molecule has 0 bridgehead atoms. The standard InChI is InChI=1S/C24H26F3N3O2Si.C19H18ClF2N3O3.C19H15F3N4O3.C19H22F2N4O3/c1-14-12-29(8-7-28-14)22-11-21-16(10-19(22)27)23(31)17(24(32)33(2,3)4)13-30(21)20-6-5-15(25)9-18(20)26;20-14-15-8(17(26)9(18(27)28)5-25(15)12-4-10(12)21)3-11(22)16(14)24-6-13(23)19(7-24)1-2-19;20-9-1-2-15(13(21)5-9)26-8-12(19(28)29)16(27)11-6-14(22)18(24-17(11)26)25-4-3-10(23)7-25;1-8-5-24(6-9(2)23-8)17-13(20)15(22)12-16(14(17)21)25(10-3-4-10)7-11(18(12)26)19(27)28/h5-6,9-11,13-14,28H,7-8,12H2,1-4H3;3,5,10,12-13H,1-2,4,6-7,23H2,(H,27,28);1-2,5-6,8,10H,3-4,7,23H2,(H,28,29);7-10,23H,3-6,22H2,1-2H3,(H,27,28)/t;10-,12?,13+;;8-,9+/m.0../s1. The number of anilines is 5. The molecule has 10 aromatic rings. The zero-order chi connectivity index (χ0) is 85.2. The van der Waals surface area contributed by atoms with Gasteiger partial charge in [-0.3, -0.25) is 28.5 Å². The molecule has 37 heteroatoms. The molecule has 4 aliphatic heterocycles. The van der Waals surface area contributed by atoms with Gasteiger partial charge in [0, 0.05) is 149 Å². The van der Waals surface area contributed by atoms with Crippen LogP contribution in [0.15, 0.2) is 105 Å². The molecule has 1 spiro atoms. The average molecular weight is 1680 g/mol. The number of carboxylic acid groups (broad SMARTS) is 3. The highest BCUT2D eigenvalue weighted by molar-refractivity contribution is 7.05. The number of pyridine rings is 5. The van der Waals surface area contributed by atoms with Crippen molar-refractivity contribution in [1.82, 2.24) is 33.9 Å². The van der Waals surface area contributed by atoms with Crippen LogP contribution in [-0.4, -0.2) is 165 Å². The first-order valence-corrected chi connectivity index (χ1v) is 41.9. The van der Waals surface area contributed by atoms with Crippen LogP contribution in [0.5, 0.6) is 0 Å². The molecule has 7 atom stereocenters. The third-order valence-corrected chi connectivity index (χ3v) is 24.5. The predicted molar refractivity (Wildman–Crippen MR) is 428 cm³/mol. The lowest BCUT2D eigenvalue weighted by atomic mass is 10.0. The van der Waals surface area contributed by atoms with Crippen LogP contribution in [0.25, 0.3) is 55.1 Å². The molecule has 0 amide bonds. The lowest BCUT2D eigenvalue weighted by molar-refractivity contribution is 0.0684. The van der Waals surface area contributed by atoms with Gasteiger partial charge < -0.3 is 76.5 Å². The van der Waals surface area contributed by atoms with Crippen molar-refractivity contribution in [2.45, 2.75) is 127 Å². The molecule has 622 valence electrons. The number of fused-ring (bicyclic) bond motifs is 4. The number of nitrogens with one attached hydrogen (secondary N) is 2. The molecular weight excluding hydrogens is 1600 g/mol. The maximum atomic E-state index is 15.6. The van der Waals surface area contributed by atoms with Crippen LogP contribution in [0.2, 0.25) is 24.7 Å². The van der Waals surface area contributed by atoms with E-state index < -0.39 is 140 Å². The zero-order valence-corrected chi connectivity index (χ0v) is 66.1. The first-order valence-electron chi connectivity index (χ1n) is 38.0. The molecule has 11 N–H and O–H groups in total. The number of alkyl halides is 1. The maximum Gasteiger partial charge on any atom is 0.341 e. The molecule has 25 nitrogen and oxygen atoms in total. The van der Waals surface area contributed by atoms with Crippen LogP contribution >= 0.6 is 11.6 Å². The van der Waals surface area contributed by atoms with E-state index in [0.717, 1.165) is 91.3 Å². The Labute approximate surface area is 670 Å². The normalized spacial score (nSPS) is 20.7. The minimum Gasteiger partial charge on any atom is -0.477 e. The average Bonchev–Trinajstić information content (AvgIpc) is 1.44. The van der Waals surface area contributed by atoms with Gasteiger partial charge in [0.05, 0.1) is 77.8 Å². The van der Waals surface area contributed by atoms with Crippen molar-refractivity contribution >= 4 is 115 Å². The number of aromatic nitrogens is 5. The fourth-order valence-electron chi connectivity index (χ4n) is 16.2. The molecule has 7 aliphatic rings. The first kappa shape index (κ1) is 83.3. The third-order valence-electron chi connectivity index (χ3n) is 22.5. The van der Waals surface area contributed by atoms with E-state index in [1.807, 2.05) is 25.7 Å². The zero-order valence-electron chi connectivity index (χ0n) is 64.3. The van der Waals surface area contributed by atoms with Crippen molar-refractivity contribution in [3.8, 4) is 11.4 Å². The number of rotatable bonds is 13. The van der Waals surface area contributed by atoms with Gasteiger partial charge in [0.15, 0.2) is 34.3 Å². The van der Waals surface area contributed by atoms with Crippen LogP contribution < -0.4 is 69.1 Å². The second-order valence-corrected chi connectivity index (χ2v) is 37.6. The summed E-state index contributed by atoms with van der Waals surface area (Å²) in [7, 11) is -2.44. The Bertz CT molecular complexity index is 6130. The number of benzene rings is 5. The van der Waals surface area contributed by atoms with Crippen LogP contribution in [-0.2, 0) is 0 Å². The van der Waals surface area contributed by atoms with Crippen molar-refractivity contribution in [1.29, 1.82) is 0 Å². The van der Waals surface area contributed by atoms with E-state index in [2.05, 4.69) is 15.6 Å². The Morgan fingerprint density at radius 2 is 1.11 bits per heavy atom. The summed E-state index contributed by atoms with van der Waals surface area (Å²) in [6.45, 7) is 15.6. The van der Waals surface area contributed by atoms with Crippen LogP contribution in [0.1, 0.15) is 113 Å². The molecule has 9 heterocycles. The maximum absolute atomic E-state index is 15.6. The highest BCUT2D eigenvalue weighted by Crippen LogP contribution is 2.54. The lowest BCUT2D eigenvalue weighted by Gasteiger charge is -2.38. The molecule has 3 aliphatic carbocycles. The smallest absolute Gasteiger partial charge is 0.341 e. The van der Waals surface area contributed by atoms with Crippen molar-refractivity contribution < 1.29 is 78.4 Å². The van der Waals surface area contributed by atoms with Crippen LogP contribution in [0.3, 0.4) is 0 Å². The molecule has 7 fully saturated rings. The monoisotopic (exact) mass is 1680 g/mol. The van der Waals surface area contributed by atoms with E-state index in [0.29, 0.717) is 71.4 Å². The Morgan fingerprint density at radius 1 is 0.568 bits per heavy atom. The molecular formula is C81H81ClF10N14O11Si. The SMILES string of the molecule is CC1CN(c2cc3c(cc2F)c(=O)c(C(=O)[Si](C)(C)C)cn3-c2ccc(F)cc2F)CCN1.C[C@@H]1CN(c2c(F)c(N)c3c(=O)c(C(=O)O)cn(C4CC4)c3c2F)C[C@H](C)N1.NC1CCN(c2nc3c(cc2F)c(=O)c(C(=O)O)cn3-c2ccc(F)cc2F)C1.N[C@@H]1CN(c2c(F)cc3c(=O)c(C(=O)O)cn(C4C[C@@H]4F)c3c2Cl)CC12CC2. The Kier molecular flexibility index (Phi) is 22.3. The van der Waals surface area contributed by atoms with Gasteiger partial charge in [-0.15, -0.1) is 0 Å². The quantitative estimate of drug-likeness (QED) is 0.0302. The van der Waals surface area contributed by atoms with Crippen molar-refractivity contribution in [3.05, 3.63) is 206 Å². The van der Waals surface area contributed by atoms with Crippen molar-refractivity contribution in [2.75, 3.05) is 84.2 Å². The van der Waals surface area contributed by atoms with Crippen LogP contribution in [0.4, 0.5) is 72.5 Å². The number of carboxylic acids is 3. The van der Waals surface area contributed by atoms with Gasteiger partial charge in [-0.25, -0.2) is 63.3 Å². The van der Waals surface area contributed by atoms with Gasteiger partial charge >= 0.3 is 17.9 Å². The summed E-state index contributed by atoms with van der Waals surface area (Å²) in [5, 5.41) is 33.4. The summed E-state index contributed by atoms with van der Waals surface area (Å²) in [4.78, 5) is 110. The number of hydrogen-bond donors (Lipinski definition) is 8. The summed E-state index contributed by atoms with van der Waals surface area (Å²) in [5.41, 5.74) is 12.3. The summed E-state index contributed by atoms with van der Waals surface area (Å²) >= 11 is 6.56. The first-order chi connectivity index (χ1) is 55.7. The molecule has 17 rings (SSSR count). The number of carbonyl (C=O) groups is 4.